The fourth-order valence-electron chi connectivity index (χ4n) is 3.41. The van der Waals surface area contributed by atoms with Gasteiger partial charge in [-0.15, -0.1) is 10.2 Å². The summed E-state index contributed by atoms with van der Waals surface area (Å²) in [5, 5.41) is 12.7. The number of hydrogen-bond acceptors (Lipinski definition) is 9. The Morgan fingerprint density at radius 3 is 2.39 bits per heavy atom. The molecule has 9 heteroatoms. The molecular formula is C27H25N3O5S. The lowest BCUT2D eigenvalue weighted by Gasteiger charge is -2.12. The summed E-state index contributed by atoms with van der Waals surface area (Å²) >= 11 is 1.51. The van der Waals surface area contributed by atoms with E-state index in [1.54, 1.807) is 12.1 Å². The molecule has 0 unspecified atom stereocenters. The molecule has 4 rings (SSSR count). The first-order chi connectivity index (χ1) is 17.6. The highest BCUT2D eigenvalue weighted by Crippen LogP contribution is 2.28. The van der Waals surface area contributed by atoms with E-state index in [4.69, 9.17) is 18.7 Å². The zero-order valence-electron chi connectivity index (χ0n) is 20.1. The SMILES string of the molecule is CO/N=C(\C(=O)OC)c1ccccc1COc1ccc(-c2nnc(SCc3ccccc3C)o2)cc1. The van der Waals surface area contributed by atoms with Gasteiger partial charge in [0, 0.05) is 16.9 Å². The molecule has 0 radical (unpaired) electrons. The van der Waals surface area contributed by atoms with Crippen LogP contribution in [0.4, 0.5) is 0 Å². The number of oxime groups is 1. The van der Waals surface area contributed by atoms with Gasteiger partial charge < -0.3 is 18.7 Å². The summed E-state index contributed by atoms with van der Waals surface area (Å²) in [5.41, 5.74) is 4.66. The van der Waals surface area contributed by atoms with Crippen molar-refractivity contribution >= 4 is 23.4 Å². The first-order valence-corrected chi connectivity index (χ1v) is 12.1. The van der Waals surface area contributed by atoms with Gasteiger partial charge in [0.1, 0.15) is 19.5 Å². The summed E-state index contributed by atoms with van der Waals surface area (Å²) in [4.78, 5) is 17.0. The molecule has 0 aliphatic rings. The van der Waals surface area contributed by atoms with E-state index in [-0.39, 0.29) is 12.3 Å². The van der Waals surface area contributed by atoms with Crippen LogP contribution in [-0.4, -0.2) is 36.1 Å². The minimum absolute atomic E-state index is 0.0713. The predicted molar refractivity (Wildman–Crippen MR) is 137 cm³/mol. The number of ether oxygens (including phenoxy) is 2. The molecule has 0 aliphatic heterocycles. The Hall–Kier alpha value is -4.11. The zero-order chi connectivity index (χ0) is 25.3. The summed E-state index contributed by atoms with van der Waals surface area (Å²) in [5.74, 6) is 1.25. The van der Waals surface area contributed by atoms with Gasteiger partial charge >= 0.3 is 5.97 Å². The summed E-state index contributed by atoms with van der Waals surface area (Å²) in [6.45, 7) is 2.30. The standard InChI is InChI=1S/C27H25N3O5S/c1-18-8-4-5-10-21(18)17-36-27-29-28-25(35-27)19-12-14-22(15-13-19)34-16-20-9-6-7-11-23(20)24(30-33-3)26(31)32-2/h4-15H,16-17H2,1-3H3/b30-24-. The predicted octanol–water partition coefficient (Wildman–Crippen LogP) is 5.44. The molecule has 8 nitrogen and oxygen atoms in total. The van der Waals surface area contributed by atoms with Crippen molar-refractivity contribution in [2.75, 3.05) is 14.2 Å². The molecule has 0 aliphatic carbocycles. The first-order valence-electron chi connectivity index (χ1n) is 11.1. The van der Waals surface area contributed by atoms with E-state index in [0.29, 0.717) is 22.4 Å². The van der Waals surface area contributed by atoms with Gasteiger partial charge in [-0.05, 0) is 47.9 Å². The minimum atomic E-state index is -0.593. The molecule has 4 aromatic rings. The molecule has 0 atom stereocenters. The fraction of sp³-hybridized carbons (Fsp3) is 0.185. The van der Waals surface area contributed by atoms with Gasteiger partial charge in [-0.1, -0.05) is 65.4 Å². The third-order valence-electron chi connectivity index (χ3n) is 5.35. The van der Waals surface area contributed by atoms with Crippen LogP contribution in [0.5, 0.6) is 5.75 Å². The lowest BCUT2D eigenvalue weighted by Crippen LogP contribution is -2.19. The Morgan fingerprint density at radius 1 is 0.944 bits per heavy atom. The molecule has 3 aromatic carbocycles. The second-order valence-corrected chi connectivity index (χ2v) is 8.60. The Kier molecular flexibility index (Phi) is 8.36. The largest absolute Gasteiger partial charge is 0.489 e. The average molecular weight is 504 g/mol. The van der Waals surface area contributed by atoms with Gasteiger partial charge in [-0.2, -0.15) is 0 Å². The Labute approximate surface area is 213 Å². The number of aryl methyl sites for hydroxylation is 1. The Morgan fingerprint density at radius 2 is 1.67 bits per heavy atom. The number of rotatable bonds is 10. The quantitative estimate of drug-likeness (QED) is 0.122. The fourth-order valence-corrected chi connectivity index (χ4v) is 4.25. The van der Waals surface area contributed by atoms with Crippen molar-refractivity contribution in [3.8, 4) is 17.2 Å². The maximum Gasteiger partial charge on any atom is 0.360 e. The van der Waals surface area contributed by atoms with E-state index in [1.165, 1.54) is 37.1 Å². The molecule has 0 spiro atoms. The third kappa shape index (κ3) is 6.11. The van der Waals surface area contributed by atoms with Gasteiger partial charge in [0.2, 0.25) is 5.89 Å². The summed E-state index contributed by atoms with van der Waals surface area (Å²) in [6.07, 6.45) is 0. The average Bonchev–Trinajstić information content (AvgIpc) is 3.39. The van der Waals surface area contributed by atoms with Crippen LogP contribution in [-0.2, 0) is 26.7 Å². The molecule has 0 fully saturated rings. The van der Waals surface area contributed by atoms with E-state index in [1.807, 2.05) is 48.5 Å². The summed E-state index contributed by atoms with van der Waals surface area (Å²) in [7, 11) is 2.67. The molecule has 0 saturated carbocycles. The normalized spacial score (nSPS) is 11.2. The zero-order valence-corrected chi connectivity index (χ0v) is 21.0. The van der Waals surface area contributed by atoms with Crippen LogP contribution in [0.15, 0.2) is 87.6 Å². The molecule has 1 aromatic heterocycles. The number of benzene rings is 3. The highest BCUT2D eigenvalue weighted by atomic mass is 32.2. The van der Waals surface area contributed by atoms with Gasteiger partial charge in [0.15, 0.2) is 5.71 Å². The molecule has 0 N–H and O–H groups in total. The van der Waals surface area contributed by atoms with Gasteiger partial charge in [0.05, 0.1) is 7.11 Å². The number of carbonyl (C=O) groups excluding carboxylic acids is 1. The Balaban J connectivity index is 1.40. The van der Waals surface area contributed by atoms with Crippen LogP contribution in [0.25, 0.3) is 11.5 Å². The topological polar surface area (TPSA) is 96.0 Å². The number of esters is 1. The smallest absolute Gasteiger partial charge is 0.360 e. The van der Waals surface area contributed by atoms with Crippen LogP contribution < -0.4 is 4.74 Å². The van der Waals surface area contributed by atoms with E-state index in [2.05, 4.69) is 34.4 Å². The molecule has 36 heavy (non-hydrogen) atoms. The van der Waals surface area contributed by atoms with Crippen molar-refractivity contribution in [1.82, 2.24) is 10.2 Å². The van der Waals surface area contributed by atoms with Crippen LogP contribution in [0, 0.1) is 6.92 Å². The number of hydrogen-bond donors (Lipinski definition) is 0. The number of carbonyl (C=O) groups is 1. The molecule has 0 saturated heterocycles. The highest BCUT2D eigenvalue weighted by Gasteiger charge is 2.19. The van der Waals surface area contributed by atoms with Gasteiger partial charge in [-0.3, -0.25) is 0 Å². The Bertz CT molecular complexity index is 1350. The number of nitrogens with zero attached hydrogens (tertiary/aromatic N) is 3. The van der Waals surface area contributed by atoms with Crippen molar-refractivity contribution in [3.05, 3.63) is 95.1 Å². The second kappa shape index (κ2) is 12.0. The monoisotopic (exact) mass is 503 g/mol. The summed E-state index contributed by atoms with van der Waals surface area (Å²) in [6, 6.07) is 22.9. The lowest BCUT2D eigenvalue weighted by molar-refractivity contribution is -0.132. The molecular weight excluding hydrogens is 478 g/mol. The van der Waals surface area contributed by atoms with Crippen LogP contribution in [0.2, 0.25) is 0 Å². The number of methoxy groups -OCH3 is 1. The van der Waals surface area contributed by atoms with Crippen LogP contribution >= 0.6 is 11.8 Å². The summed E-state index contributed by atoms with van der Waals surface area (Å²) < 4.78 is 16.6. The maximum absolute atomic E-state index is 12.1. The van der Waals surface area contributed by atoms with E-state index in [9.17, 15) is 4.79 Å². The van der Waals surface area contributed by atoms with Crippen LogP contribution in [0.3, 0.4) is 0 Å². The number of aromatic nitrogens is 2. The van der Waals surface area contributed by atoms with E-state index >= 15 is 0 Å². The van der Waals surface area contributed by atoms with E-state index in [0.717, 1.165) is 16.9 Å². The second-order valence-electron chi connectivity index (χ2n) is 7.67. The third-order valence-corrected chi connectivity index (χ3v) is 6.22. The van der Waals surface area contributed by atoms with Crippen molar-refractivity contribution in [2.24, 2.45) is 5.16 Å². The highest BCUT2D eigenvalue weighted by molar-refractivity contribution is 7.98. The van der Waals surface area contributed by atoms with Crippen molar-refractivity contribution in [2.45, 2.75) is 24.5 Å². The number of thioether (sulfide) groups is 1. The maximum atomic E-state index is 12.1. The molecule has 0 amide bonds. The van der Waals surface area contributed by atoms with Crippen molar-refractivity contribution in [3.63, 3.8) is 0 Å². The van der Waals surface area contributed by atoms with Gasteiger partial charge in [-0.25, -0.2) is 4.79 Å². The first kappa shape index (κ1) is 25.0. The minimum Gasteiger partial charge on any atom is -0.489 e. The van der Waals surface area contributed by atoms with Gasteiger partial charge in [0.25, 0.3) is 5.22 Å². The molecule has 0 bridgehead atoms. The molecule has 184 valence electrons. The van der Waals surface area contributed by atoms with Crippen molar-refractivity contribution in [1.29, 1.82) is 0 Å². The van der Waals surface area contributed by atoms with E-state index < -0.39 is 5.97 Å². The lowest BCUT2D eigenvalue weighted by atomic mass is 10.0. The molecule has 1 heterocycles. The van der Waals surface area contributed by atoms with Crippen molar-refractivity contribution < 1.29 is 23.5 Å². The van der Waals surface area contributed by atoms with Crippen LogP contribution in [0.1, 0.15) is 22.3 Å².